The van der Waals surface area contributed by atoms with E-state index in [0.717, 1.165) is 25.2 Å². The zero-order chi connectivity index (χ0) is 7.40. The van der Waals surface area contributed by atoms with Gasteiger partial charge in [-0.3, -0.25) is 0 Å². The van der Waals surface area contributed by atoms with Crippen LogP contribution in [0.3, 0.4) is 0 Å². The van der Waals surface area contributed by atoms with Crippen LogP contribution in [-0.4, -0.2) is 19.8 Å². The Bertz CT molecular complexity index is 116. The van der Waals surface area contributed by atoms with E-state index in [2.05, 4.69) is 6.58 Å². The molecule has 0 amide bonds. The summed E-state index contributed by atoms with van der Waals surface area (Å²) in [5, 5.41) is 0. The van der Waals surface area contributed by atoms with Gasteiger partial charge in [0.05, 0.1) is 0 Å². The van der Waals surface area contributed by atoms with Gasteiger partial charge in [-0.2, -0.15) is 0 Å². The van der Waals surface area contributed by atoms with Gasteiger partial charge >= 0.3 is 0 Å². The molecule has 0 radical (unpaired) electrons. The average Bonchev–Trinajstić information content (AvgIpc) is 2.40. The predicted octanol–water partition coefficient (Wildman–Crippen LogP) is 0.928. The van der Waals surface area contributed by atoms with Crippen molar-refractivity contribution in [2.75, 3.05) is 19.8 Å². The van der Waals surface area contributed by atoms with Gasteiger partial charge in [-0.15, -0.1) is 0 Å². The standard InChI is InChI=1S/C8H15NO/c1-7(5-9)4-8-2-3-10-6-8/h8H,1-6,9H2. The fraction of sp³-hybridized carbons (Fsp3) is 0.750. The molecule has 0 saturated carbocycles. The molecule has 1 fully saturated rings. The van der Waals surface area contributed by atoms with E-state index >= 15 is 0 Å². The van der Waals surface area contributed by atoms with Crippen LogP contribution in [0.1, 0.15) is 12.8 Å². The Hall–Kier alpha value is -0.340. The first-order valence-electron chi connectivity index (χ1n) is 3.77. The van der Waals surface area contributed by atoms with Gasteiger partial charge in [0.25, 0.3) is 0 Å². The maximum absolute atomic E-state index is 5.41. The van der Waals surface area contributed by atoms with Gasteiger partial charge in [0.1, 0.15) is 0 Å². The second-order valence-electron chi connectivity index (χ2n) is 2.89. The van der Waals surface area contributed by atoms with Crippen LogP contribution in [-0.2, 0) is 4.74 Å². The third-order valence-electron chi connectivity index (χ3n) is 1.89. The molecule has 0 spiro atoms. The molecular formula is C8H15NO. The summed E-state index contributed by atoms with van der Waals surface area (Å²) >= 11 is 0. The molecule has 1 rings (SSSR count). The van der Waals surface area contributed by atoms with Gasteiger partial charge in [0, 0.05) is 19.8 Å². The molecular weight excluding hydrogens is 126 g/mol. The summed E-state index contributed by atoms with van der Waals surface area (Å²) < 4.78 is 5.22. The largest absolute Gasteiger partial charge is 0.381 e. The van der Waals surface area contributed by atoms with E-state index in [1.807, 2.05) is 0 Å². The van der Waals surface area contributed by atoms with Crippen LogP contribution in [0.25, 0.3) is 0 Å². The summed E-state index contributed by atoms with van der Waals surface area (Å²) in [4.78, 5) is 0. The molecule has 0 bridgehead atoms. The van der Waals surface area contributed by atoms with Crippen molar-refractivity contribution < 1.29 is 4.74 Å². The van der Waals surface area contributed by atoms with Crippen molar-refractivity contribution in [3.8, 4) is 0 Å². The lowest BCUT2D eigenvalue weighted by Gasteiger charge is -2.06. The number of rotatable bonds is 3. The van der Waals surface area contributed by atoms with Gasteiger partial charge in [-0.1, -0.05) is 12.2 Å². The molecule has 0 aromatic heterocycles. The summed E-state index contributed by atoms with van der Waals surface area (Å²) in [5.41, 5.74) is 6.56. The van der Waals surface area contributed by atoms with Crippen LogP contribution in [0.2, 0.25) is 0 Å². The monoisotopic (exact) mass is 141 g/mol. The summed E-state index contributed by atoms with van der Waals surface area (Å²) in [7, 11) is 0. The normalized spacial score (nSPS) is 25.1. The molecule has 0 aliphatic carbocycles. The fourth-order valence-corrected chi connectivity index (χ4v) is 1.24. The van der Waals surface area contributed by atoms with Crippen molar-refractivity contribution in [3.63, 3.8) is 0 Å². The molecule has 2 nitrogen and oxygen atoms in total. The Kier molecular flexibility index (Phi) is 2.90. The highest BCUT2D eigenvalue weighted by atomic mass is 16.5. The molecule has 1 atom stereocenters. The van der Waals surface area contributed by atoms with Gasteiger partial charge in [0.2, 0.25) is 0 Å². The fourth-order valence-electron chi connectivity index (χ4n) is 1.24. The number of nitrogens with two attached hydrogens (primary N) is 1. The highest BCUT2D eigenvalue weighted by molar-refractivity contribution is 4.97. The van der Waals surface area contributed by atoms with Crippen LogP contribution in [0, 0.1) is 5.92 Å². The molecule has 58 valence electrons. The van der Waals surface area contributed by atoms with Crippen LogP contribution in [0.5, 0.6) is 0 Å². The van der Waals surface area contributed by atoms with E-state index in [4.69, 9.17) is 10.5 Å². The Balaban J connectivity index is 2.17. The molecule has 1 aliphatic heterocycles. The summed E-state index contributed by atoms with van der Waals surface area (Å²) in [6, 6.07) is 0. The maximum atomic E-state index is 5.41. The first-order valence-corrected chi connectivity index (χ1v) is 3.77. The van der Waals surface area contributed by atoms with Gasteiger partial charge in [-0.05, 0) is 18.8 Å². The highest BCUT2D eigenvalue weighted by Crippen LogP contribution is 2.19. The lowest BCUT2D eigenvalue weighted by atomic mass is 10.00. The van der Waals surface area contributed by atoms with E-state index in [1.54, 1.807) is 0 Å². The first-order chi connectivity index (χ1) is 4.83. The van der Waals surface area contributed by atoms with E-state index in [1.165, 1.54) is 6.42 Å². The van der Waals surface area contributed by atoms with Crippen LogP contribution in [0.4, 0.5) is 0 Å². The number of hydrogen-bond acceptors (Lipinski definition) is 2. The van der Waals surface area contributed by atoms with Crippen LogP contribution >= 0.6 is 0 Å². The SMILES string of the molecule is C=C(CN)CC1CCOC1. The van der Waals surface area contributed by atoms with Gasteiger partial charge in [0.15, 0.2) is 0 Å². The van der Waals surface area contributed by atoms with Crippen molar-refractivity contribution >= 4 is 0 Å². The minimum atomic E-state index is 0.622. The molecule has 1 aliphatic rings. The Morgan fingerprint density at radius 1 is 1.70 bits per heavy atom. The molecule has 0 aromatic carbocycles. The smallest absolute Gasteiger partial charge is 0.0498 e. The van der Waals surface area contributed by atoms with E-state index < -0.39 is 0 Å². The van der Waals surface area contributed by atoms with Crippen LogP contribution < -0.4 is 5.73 Å². The lowest BCUT2D eigenvalue weighted by molar-refractivity contribution is 0.186. The molecule has 2 N–H and O–H groups in total. The molecule has 10 heavy (non-hydrogen) atoms. The van der Waals surface area contributed by atoms with E-state index in [9.17, 15) is 0 Å². The summed E-state index contributed by atoms with van der Waals surface area (Å²) in [6.07, 6.45) is 2.23. The Morgan fingerprint density at radius 2 is 2.50 bits per heavy atom. The van der Waals surface area contributed by atoms with Crippen LogP contribution in [0.15, 0.2) is 12.2 Å². The van der Waals surface area contributed by atoms with Gasteiger partial charge < -0.3 is 10.5 Å². The second-order valence-corrected chi connectivity index (χ2v) is 2.89. The molecule has 2 heteroatoms. The topological polar surface area (TPSA) is 35.2 Å². The zero-order valence-corrected chi connectivity index (χ0v) is 6.31. The van der Waals surface area contributed by atoms with Crippen molar-refractivity contribution in [1.82, 2.24) is 0 Å². The molecule has 1 heterocycles. The minimum absolute atomic E-state index is 0.622. The maximum Gasteiger partial charge on any atom is 0.0498 e. The van der Waals surface area contributed by atoms with Crippen molar-refractivity contribution in [1.29, 1.82) is 0 Å². The van der Waals surface area contributed by atoms with Crippen molar-refractivity contribution in [2.45, 2.75) is 12.8 Å². The third-order valence-corrected chi connectivity index (χ3v) is 1.89. The average molecular weight is 141 g/mol. The molecule has 1 unspecified atom stereocenters. The number of hydrogen-bond donors (Lipinski definition) is 1. The summed E-state index contributed by atoms with van der Waals surface area (Å²) in [6.45, 7) is 6.30. The Labute approximate surface area is 62.1 Å². The van der Waals surface area contributed by atoms with Gasteiger partial charge in [-0.25, -0.2) is 0 Å². The zero-order valence-electron chi connectivity index (χ0n) is 6.31. The molecule has 1 saturated heterocycles. The quantitative estimate of drug-likeness (QED) is 0.593. The summed E-state index contributed by atoms with van der Waals surface area (Å²) in [5.74, 6) is 0.691. The minimum Gasteiger partial charge on any atom is -0.381 e. The number of ether oxygens (including phenoxy) is 1. The predicted molar refractivity (Wildman–Crippen MR) is 41.7 cm³/mol. The molecule has 0 aromatic rings. The van der Waals surface area contributed by atoms with Crippen molar-refractivity contribution in [2.24, 2.45) is 11.7 Å². The first kappa shape index (κ1) is 7.76. The van der Waals surface area contributed by atoms with Crippen molar-refractivity contribution in [3.05, 3.63) is 12.2 Å². The lowest BCUT2D eigenvalue weighted by Crippen LogP contribution is -2.07. The highest BCUT2D eigenvalue weighted by Gasteiger charge is 2.15. The van der Waals surface area contributed by atoms with E-state index in [-0.39, 0.29) is 0 Å². The third kappa shape index (κ3) is 2.12. The Morgan fingerprint density at radius 3 is 3.00 bits per heavy atom. The van der Waals surface area contributed by atoms with E-state index in [0.29, 0.717) is 12.5 Å². The second kappa shape index (κ2) is 3.74.